The van der Waals surface area contributed by atoms with Crippen LogP contribution in [0.4, 0.5) is 0 Å². The highest BCUT2D eigenvalue weighted by atomic mass is 35.5. The van der Waals surface area contributed by atoms with Crippen LogP contribution in [0.1, 0.15) is 11.6 Å². The first kappa shape index (κ1) is 14.1. The Labute approximate surface area is 117 Å². The van der Waals surface area contributed by atoms with Gasteiger partial charge in [-0.25, -0.2) is 8.42 Å². The Kier molecular flexibility index (Phi) is 4.24. The Morgan fingerprint density at radius 2 is 1.58 bits per heavy atom. The molecule has 0 aliphatic heterocycles. The second-order valence-corrected chi connectivity index (χ2v) is 6.72. The lowest BCUT2D eigenvalue weighted by Crippen LogP contribution is -2.21. The van der Waals surface area contributed by atoms with Crippen LogP contribution in [-0.4, -0.2) is 14.2 Å². The first-order valence-corrected chi connectivity index (χ1v) is 7.81. The van der Waals surface area contributed by atoms with Gasteiger partial charge in [0.25, 0.3) is 0 Å². The summed E-state index contributed by atoms with van der Waals surface area (Å²) in [5.41, 5.74) is 6.75. The van der Waals surface area contributed by atoms with Gasteiger partial charge in [0.2, 0.25) is 0 Å². The van der Waals surface area contributed by atoms with E-state index in [0.717, 1.165) is 5.56 Å². The molecule has 2 rings (SSSR count). The minimum Gasteiger partial charge on any atom is -0.323 e. The van der Waals surface area contributed by atoms with E-state index in [-0.39, 0.29) is 10.6 Å². The van der Waals surface area contributed by atoms with Crippen LogP contribution in [0.25, 0.3) is 0 Å². The maximum Gasteiger partial charge on any atom is 0.180 e. The Bertz CT molecular complexity index is 639. The van der Waals surface area contributed by atoms with Gasteiger partial charge in [-0.2, -0.15) is 0 Å². The fourth-order valence-electron chi connectivity index (χ4n) is 1.77. The maximum absolute atomic E-state index is 12.2. The van der Waals surface area contributed by atoms with Crippen molar-refractivity contribution in [3.05, 3.63) is 65.2 Å². The molecule has 0 radical (unpaired) electrons. The molecule has 0 spiro atoms. The Morgan fingerprint density at radius 1 is 1.00 bits per heavy atom. The third-order valence-corrected chi connectivity index (χ3v) is 4.84. The largest absolute Gasteiger partial charge is 0.323 e. The fraction of sp³-hybridized carbons (Fsp3) is 0.143. The number of benzene rings is 2. The summed E-state index contributed by atoms with van der Waals surface area (Å²) in [6, 6.07) is 14.7. The summed E-state index contributed by atoms with van der Waals surface area (Å²) in [6.07, 6.45) is 0. The van der Waals surface area contributed by atoms with Gasteiger partial charge in [0.15, 0.2) is 9.84 Å². The highest BCUT2D eigenvalue weighted by Gasteiger charge is 2.19. The molecule has 5 heteroatoms. The molecule has 0 saturated carbocycles. The molecule has 0 saturated heterocycles. The van der Waals surface area contributed by atoms with E-state index >= 15 is 0 Å². The number of hydrogen-bond donors (Lipinski definition) is 1. The second kappa shape index (κ2) is 5.74. The van der Waals surface area contributed by atoms with E-state index in [4.69, 9.17) is 17.3 Å². The van der Waals surface area contributed by atoms with Gasteiger partial charge in [-0.15, -0.1) is 0 Å². The molecule has 100 valence electrons. The van der Waals surface area contributed by atoms with E-state index in [1.807, 2.05) is 30.3 Å². The van der Waals surface area contributed by atoms with Crippen molar-refractivity contribution in [3.63, 3.8) is 0 Å². The summed E-state index contributed by atoms with van der Waals surface area (Å²) < 4.78 is 24.4. The number of halogens is 1. The van der Waals surface area contributed by atoms with E-state index < -0.39 is 15.9 Å². The molecule has 0 aliphatic rings. The zero-order valence-electron chi connectivity index (χ0n) is 10.2. The lowest BCUT2D eigenvalue weighted by molar-refractivity contribution is 0.589. The Morgan fingerprint density at radius 3 is 2.16 bits per heavy atom. The van der Waals surface area contributed by atoms with Crippen LogP contribution in [0.15, 0.2) is 59.5 Å². The zero-order chi connectivity index (χ0) is 13.9. The molecular weight excluding hydrogens is 282 g/mol. The lowest BCUT2D eigenvalue weighted by atomic mass is 10.1. The van der Waals surface area contributed by atoms with Crippen LogP contribution in [0.2, 0.25) is 5.02 Å². The Hall–Kier alpha value is -1.36. The standard InChI is InChI=1S/C14H14ClNO2S/c15-12-6-8-13(9-7-12)19(17,18)10-14(16)11-4-2-1-3-5-11/h1-9,14H,10,16H2. The van der Waals surface area contributed by atoms with E-state index in [1.54, 1.807) is 12.1 Å². The van der Waals surface area contributed by atoms with Gasteiger partial charge < -0.3 is 5.73 Å². The quantitative estimate of drug-likeness (QED) is 0.943. The topological polar surface area (TPSA) is 60.2 Å². The number of nitrogens with two attached hydrogens (primary N) is 1. The van der Waals surface area contributed by atoms with Gasteiger partial charge in [0.1, 0.15) is 0 Å². The molecule has 19 heavy (non-hydrogen) atoms. The van der Waals surface area contributed by atoms with Crippen molar-refractivity contribution >= 4 is 21.4 Å². The molecule has 0 bridgehead atoms. The smallest absolute Gasteiger partial charge is 0.180 e. The Balaban J connectivity index is 2.20. The maximum atomic E-state index is 12.2. The fourth-order valence-corrected chi connectivity index (χ4v) is 3.31. The molecule has 2 aromatic rings. The predicted octanol–water partition coefficient (Wildman–Crippen LogP) is 2.81. The van der Waals surface area contributed by atoms with Gasteiger partial charge in [-0.1, -0.05) is 41.9 Å². The molecular formula is C14H14ClNO2S. The molecule has 0 heterocycles. The molecule has 0 amide bonds. The minimum absolute atomic E-state index is 0.126. The van der Waals surface area contributed by atoms with Gasteiger partial charge >= 0.3 is 0 Å². The molecule has 3 nitrogen and oxygen atoms in total. The number of rotatable bonds is 4. The van der Waals surface area contributed by atoms with Crippen molar-refractivity contribution in [2.45, 2.75) is 10.9 Å². The van der Waals surface area contributed by atoms with Crippen molar-refractivity contribution in [3.8, 4) is 0 Å². The van der Waals surface area contributed by atoms with Crippen molar-refractivity contribution < 1.29 is 8.42 Å². The molecule has 0 aliphatic carbocycles. The van der Waals surface area contributed by atoms with Crippen molar-refractivity contribution in [1.82, 2.24) is 0 Å². The van der Waals surface area contributed by atoms with Crippen LogP contribution < -0.4 is 5.73 Å². The normalized spacial score (nSPS) is 13.2. The minimum atomic E-state index is -3.41. The number of sulfone groups is 1. The summed E-state index contributed by atoms with van der Waals surface area (Å²) in [5.74, 6) is -0.126. The van der Waals surface area contributed by atoms with E-state index in [2.05, 4.69) is 0 Å². The monoisotopic (exact) mass is 295 g/mol. The highest BCUT2D eigenvalue weighted by molar-refractivity contribution is 7.91. The van der Waals surface area contributed by atoms with Crippen molar-refractivity contribution in [2.24, 2.45) is 5.73 Å². The zero-order valence-corrected chi connectivity index (χ0v) is 11.7. The van der Waals surface area contributed by atoms with Crippen LogP contribution in [0, 0.1) is 0 Å². The van der Waals surface area contributed by atoms with Gasteiger partial charge in [0, 0.05) is 11.1 Å². The van der Waals surface area contributed by atoms with E-state index in [1.165, 1.54) is 12.1 Å². The van der Waals surface area contributed by atoms with Crippen molar-refractivity contribution in [1.29, 1.82) is 0 Å². The number of hydrogen-bond acceptors (Lipinski definition) is 3. The molecule has 2 aromatic carbocycles. The summed E-state index contributed by atoms with van der Waals surface area (Å²) in [6.45, 7) is 0. The van der Waals surface area contributed by atoms with E-state index in [0.29, 0.717) is 5.02 Å². The van der Waals surface area contributed by atoms with E-state index in [9.17, 15) is 8.42 Å². The summed E-state index contributed by atoms with van der Waals surface area (Å²) in [7, 11) is -3.41. The molecule has 1 unspecified atom stereocenters. The van der Waals surface area contributed by atoms with Gasteiger partial charge in [-0.05, 0) is 29.8 Å². The van der Waals surface area contributed by atoms with Gasteiger partial charge in [0.05, 0.1) is 10.6 Å². The van der Waals surface area contributed by atoms with Crippen LogP contribution >= 0.6 is 11.6 Å². The highest BCUT2D eigenvalue weighted by Crippen LogP contribution is 2.19. The second-order valence-electron chi connectivity index (χ2n) is 4.25. The third-order valence-electron chi connectivity index (χ3n) is 2.80. The van der Waals surface area contributed by atoms with Crippen LogP contribution in [0.3, 0.4) is 0 Å². The van der Waals surface area contributed by atoms with Crippen LogP contribution in [0.5, 0.6) is 0 Å². The lowest BCUT2D eigenvalue weighted by Gasteiger charge is -2.12. The van der Waals surface area contributed by atoms with Gasteiger partial charge in [-0.3, -0.25) is 0 Å². The average Bonchev–Trinajstić information content (AvgIpc) is 2.40. The molecule has 1 atom stereocenters. The van der Waals surface area contributed by atoms with Crippen molar-refractivity contribution in [2.75, 3.05) is 5.75 Å². The third kappa shape index (κ3) is 3.56. The summed E-state index contributed by atoms with van der Waals surface area (Å²) in [5, 5.41) is 0.506. The van der Waals surface area contributed by atoms with Crippen LogP contribution in [-0.2, 0) is 9.84 Å². The average molecular weight is 296 g/mol. The first-order valence-electron chi connectivity index (χ1n) is 5.78. The first-order chi connectivity index (χ1) is 8.99. The molecule has 0 aromatic heterocycles. The summed E-state index contributed by atoms with van der Waals surface area (Å²) in [4.78, 5) is 0.239. The SMILES string of the molecule is NC(CS(=O)(=O)c1ccc(Cl)cc1)c1ccccc1. The molecule has 0 fully saturated rings. The summed E-state index contributed by atoms with van der Waals surface area (Å²) >= 11 is 5.74. The molecule has 2 N–H and O–H groups in total. The predicted molar refractivity (Wildman–Crippen MR) is 76.9 cm³/mol.